The van der Waals surface area contributed by atoms with Crippen LogP contribution in [-0.4, -0.2) is 56.2 Å². The molecule has 2 aliphatic rings. The zero-order chi connectivity index (χ0) is 25.1. The van der Waals surface area contributed by atoms with Crippen molar-refractivity contribution in [3.63, 3.8) is 0 Å². The molecule has 1 unspecified atom stereocenters. The first-order valence-corrected chi connectivity index (χ1v) is 10.9. The third-order valence-electron chi connectivity index (χ3n) is 6.62. The molecule has 8 nitrogen and oxygen atoms in total. The van der Waals surface area contributed by atoms with Crippen LogP contribution >= 0.6 is 0 Å². The van der Waals surface area contributed by atoms with Gasteiger partial charge in [0.05, 0.1) is 19.4 Å². The van der Waals surface area contributed by atoms with Gasteiger partial charge in [-0.25, -0.2) is 4.79 Å². The van der Waals surface area contributed by atoms with Crippen molar-refractivity contribution in [2.24, 2.45) is 17.3 Å². The molecule has 0 aliphatic heterocycles. The highest BCUT2D eigenvalue weighted by atomic mass is 16.6. The number of rotatable bonds is 10. The fourth-order valence-corrected chi connectivity index (χ4v) is 4.45. The van der Waals surface area contributed by atoms with Crippen molar-refractivity contribution >= 4 is 23.7 Å². The summed E-state index contributed by atoms with van der Waals surface area (Å²) in [7, 11) is 2.78. The van der Waals surface area contributed by atoms with Crippen LogP contribution in [0.1, 0.15) is 47.5 Å². The quantitative estimate of drug-likeness (QED) is 0.211. The first-order chi connectivity index (χ1) is 15.4. The average molecular weight is 463 g/mol. The van der Waals surface area contributed by atoms with E-state index in [1.807, 2.05) is 13.8 Å². The lowest BCUT2D eigenvalue weighted by molar-refractivity contribution is -0.152. The van der Waals surface area contributed by atoms with Crippen molar-refractivity contribution in [2.75, 3.05) is 14.2 Å². The number of hydrogen-bond donors (Lipinski definition) is 0. The van der Waals surface area contributed by atoms with Crippen molar-refractivity contribution in [1.82, 2.24) is 0 Å². The minimum absolute atomic E-state index is 0.0419. The summed E-state index contributed by atoms with van der Waals surface area (Å²) in [5.41, 5.74) is 1.18. The van der Waals surface area contributed by atoms with Crippen LogP contribution in [0.4, 0.5) is 0 Å². The summed E-state index contributed by atoms with van der Waals surface area (Å²) < 4.78 is 21.1. The van der Waals surface area contributed by atoms with E-state index in [9.17, 15) is 19.2 Å². The fraction of sp³-hybridized carbons (Fsp3) is 0.600. The molecule has 0 aromatic carbocycles. The molecule has 0 heterocycles. The molecule has 0 aromatic rings. The minimum Gasteiger partial charge on any atom is -0.466 e. The topological polar surface area (TPSA) is 105 Å². The van der Waals surface area contributed by atoms with Crippen molar-refractivity contribution in [3.05, 3.63) is 35.5 Å². The highest BCUT2D eigenvalue weighted by Crippen LogP contribution is 2.60. The lowest BCUT2D eigenvalue weighted by Crippen LogP contribution is -2.32. The highest BCUT2D eigenvalue weighted by Gasteiger charge is 2.62. The summed E-state index contributed by atoms with van der Waals surface area (Å²) in [6.45, 7) is 12.2. The monoisotopic (exact) mass is 462 g/mol. The van der Waals surface area contributed by atoms with Gasteiger partial charge in [0.2, 0.25) is 0 Å². The maximum Gasteiger partial charge on any atom is 0.333 e. The molecule has 0 aromatic heterocycles. The average Bonchev–Trinajstić information content (AvgIpc) is 3.18. The Morgan fingerprint density at radius 2 is 1.85 bits per heavy atom. The number of Topliss-reactive ketones (excluding diaryl/α,β-unsaturated/α-hetero) is 1. The van der Waals surface area contributed by atoms with Gasteiger partial charge in [-0.05, 0) is 30.8 Å². The number of allylic oxidation sites excluding steroid dienone is 1. The number of esters is 3. The van der Waals surface area contributed by atoms with Gasteiger partial charge in [0.25, 0.3) is 0 Å². The Hall–Kier alpha value is -2.74. The van der Waals surface area contributed by atoms with Crippen LogP contribution in [0.5, 0.6) is 0 Å². The van der Waals surface area contributed by atoms with E-state index in [0.717, 1.165) is 0 Å². The van der Waals surface area contributed by atoms with E-state index < -0.39 is 42.1 Å². The molecule has 0 radical (unpaired) electrons. The summed E-state index contributed by atoms with van der Waals surface area (Å²) in [5, 5.41) is 0. The number of carbonyl (C=O) groups excluding carboxylic acids is 4. The summed E-state index contributed by atoms with van der Waals surface area (Å²) in [6.07, 6.45) is 1.47. The maximum absolute atomic E-state index is 12.9. The van der Waals surface area contributed by atoms with Gasteiger partial charge >= 0.3 is 17.9 Å². The lowest BCUT2D eigenvalue weighted by atomic mass is 10.00. The molecule has 0 amide bonds. The molecule has 1 fully saturated rings. The van der Waals surface area contributed by atoms with Crippen molar-refractivity contribution in [1.29, 1.82) is 0 Å². The molecule has 8 heteroatoms. The van der Waals surface area contributed by atoms with E-state index in [-0.39, 0.29) is 30.0 Å². The second-order valence-corrected chi connectivity index (χ2v) is 9.17. The van der Waals surface area contributed by atoms with E-state index in [1.165, 1.54) is 27.2 Å². The number of hydrogen-bond acceptors (Lipinski definition) is 8. The van der Waals surface area contributed by atoms with Crippen LogP contribution in [0, 0.1) is 17.3 Å². The van der Waals surface area contributed by atoms with Crippen molar-refractivity contribution in [3.8, 4) is 0 Å². The molecule has 0 saturated heterocycles. The summed E-state index contributed by atoms with van der Waals surface area (Å²) in [6, 6.07) is 0. The Morgan fingerprint density at radius 3 is 2.36 bits per heavy atom. The van der Waals surface area contributed by atoms with Crippen LogP contribution in [0.3, 0.4) is 0 Å². The standard InChI is InChI=1S/C25H34O8/c1-9-19(30-7)21(32-15(4)26)11-16-14(3)20(12-18(16)27)33-24(29)22-17(25(22,5)6)10-13(2)23(28)31-8/h9-10,17,19-22H,1,11-12H2,2-8H3/b13-10+/t17-,19+,20?,21-,22+/m1/s1. The molecule has 33 heavy (non-hydrogen) atoms. The van der Waals surface area contributed by atoms with E-state index >= 15 is 0 Å². The Bertz CT molecular complexity index is 894. The molecular formula is C25H34O8. The Kier molecular flexibility index (Phi) is 8.41. The minimum atomic E-state index is -0.716. The second kappa shape index (κ2) is 10.5. The third-order valence-corrected chi connectivity index (χ3v) is 6.62. The van der Waals surface area contributed by atoms with E-state index in [2.05, 4.69) is 6.58 Å². The molecule has 5 atom stereocenters. The SMILES string of the molecule is C=C[C@H](OC)[C@@H](CC1=C(C)C(OC(=O)[C@@H]2[C@@H](/C=C(\C)C(=O)OC)C2(C)C)CC1=O)OC(C)=O. The van der Waals surface area contributed by atoms with Gasteiger partial charge in [0.15, 0.2) is 5.78 Å². The molecule has 1 saturated carbocycles. The number of ether oxygens (including phenoxy) is 4. The Labute approximate surface area is 195 Å². The van der Waals surface area contributed by atoms with E-state index in [4.69, 9.17) is 18.9 Å². The Morgan fingerprint density at radius 1 is 1.21 bits per heavy atom. The first kappa shape index (κ1) is 26.5. The molecular weight excluding hydrogens is 428 g/mol. The second-order valence-electron chi connectivity index (χ2n) is 9.17. The summed E-state index contributed by atoms with van der Waals surface area (Å²) in [4.78, 5) is 48.9. The molecule has 2 rings (SSSR count). The van der Waals surface area contributed by atoms with Crippen LogP contribution in [0.25, 0.3) is 0 Å². The molecule has 2 aliphatic carbocycles. The van der Waals surface area contributed by atoms with Gasteiger partial charge in [-0.1, -0.05) is 26.0 Å². The number of methoxy groups -OCH3 is 2. The largest absolute Gasteiger partial charge is 0.466 e. The number of ketones is 1. The van der Waals surface area contributed by atoms with Gasteiger partial charge in [-0.15, -0.1) is 6.58 Å². The zero-order valence-electron chi connectivity index (χ0n) is 20.4. The number of carbonyl (C=O) groups is 4. The van der Waals surface area contributed by atoms with Crippen LogP contribution in [0.2, 0.25) is 0 Å². The highest BCUT2D eigenvalue weighted by molar-refractivity contribution is 6.00. The summed E-state index contributed by atoms with van der Waals surface area (Å²) >= 11 is 0. The predicted octanol–water partition coefficient (Wildman–Crippen LogP) is 3.10. The van der Waals surface area contributed by atoms with Gasteiger partial charge < -0.3 is 18.9 Å². The lowest BCUT2D eigenvalue weighted by Gasteiger charge is -2.23. The van der Waals surface area contributed by atoms with Crippen LogP contribution < -0.4 is 0 Å². The maximum atomic E-state index is 12.9. The van der Waals surface area contributed by atoms with Crippen molar-refractivity contribution < 1.29 is 38.1 Å². The zero-order valence-corrected chi connectivity index (χ0v) is 20.4. The molecule has 0 bridgehead atoms. The summed E-state index contributed by atoms with van der Waals surface area (Å²) in [5.74, 6) is -2.08. The molecule has 182 valence electrons. The smallest absolute Gasteiger partial charge is 0.333 e. The molecule has 0 N–H and O–H groups in total. The van der Waals surface area contributed by atoms with E-state index in [0.29, 0.717) is 16.7 Å². The van der Waals surface area contributed by atoms with E-state index in [1.54, 1.807) is 19.9 Å². The van der Waals surface area contributed by atoms with Crippen molar-refractivity contribution in [2.45, 2.75) is 65.8 Å². The fourth-order valence-electron chi connectivity index (χ4n) is 4.45. The Balaban J connectivity index is 2.15. The first-order valence-electron chi connectivity index (χ1n) is 10.9. The molecule has 0 spiro atoms. The van der Waals surface area contributed by atoms with Gasteiger partial charge in [0.1, 0.15) is 18.3 Å². The van der Waals surface area contributed by atoms with Gasteiger partial charge in [0, 0.05) is 31.6 Å². The normalized spacial score (nSPS) is 25.8. The van der Waals surface area contributed by atoms with Gasteiger partial charge in [-0.3, -0.25) is 14.4 Å². The van der Waals surface area contributed by atoms with Gasteiger partial charge in [-0.2, -0.15) is 0 Å². The van der Waals surface area contributed by atoms with Crippen LogP contribution in [-0.2, 0) is 38.1 Å². The third kappa shape index (κ3) is 5.79. The predicted molar refractivity (Wildman–Crippen MR) is 120 cm³/mol. The van der Waals surface area contributed by atoms with Crippen LogP contribution in [0.15, 0.2) is 35.5 Å².